The van der Waals surface area contributed by atoms with Crippen molar-refractivity contribution in [3.63, 3.8) is 0 Å². The molecule has 0 bridgehead atoms. The quantitative estimate of drug-likeness (QED) is 0.469. The van der Waals surface area contributed by atoms with Crippen LogP contribution in [0.4, 0.5) is 0 Å². The van der Waals surface area contributed by atoms with Gasteiger partial charge in [-0.15, -0.1) is 0 Å². The van der Waals surface area contributed by atoms with Gasteiger partial charge in [-0.2, -0.15) is 0 Å². The Morgan fingerprint density at radius 3 is 2.68 bits per heavy atom. The van der Waals surface area contributed by atoms with Crippen molar-refractivity contribution in [1.82, 2.24) is 0 Å². The van der Waals surface area contributed by atoms with Gasteiger partial charge in [0.1, 0.15) is 46.5 Å². The highest BCUT2D eigenvalue weighted by Crippen LogP contribution is 2.46. The largest absolute Gasteiger partial charge is 0.507 e. The van der Waals surface area contributed by atoms with Gasteiger partial charge in [0.05, 0.1) is 0 Å². The van der Waals surface area contributed by atoms with Gasteiger partial charge in [0, 0.05) is 35.8 Å². The number of carbonyl (C=O) groups excluding carboxylic acids is 1. The molecule has 3 N–H and O–H groups in total. The van der Waals surface area contributed by atoms with E-state index in [-0.39, 0.29) is 35.5 Å². The number of esters is 1. The molecule has 3 rings (SSSR count). The number of hydrogen-bond donors (Lipinski definition) is 3. The number of rotatable bonds is 6. The zero-order valence-corrected chi connectivity index (χ0v) is 18.2. The predicted molar refractivity (Wildman–Crippen MR) is 113 cm³/mol. The molecule has 0 amide bonds. The molecule has 2 heterocycles. The summed E-state index contributed by atoms with van der Waals surface area (Å²) in [5.41, 5.74) is 0.00693. The number of aliphatic hydroxyl groups excluding tert-OH is 2. The van der Waals surface area contributed by atoms with Crippen LogP contribution in [-0.4, -0.2) is 39.6 Å². The highest BCUT2D eigenvalue weighted by atomic mass is 16.6. The second-order valence-corrected chi connectivity index (χ2v) is 8.18. The molecule has 1 aromatic carbocycles. The first-order chi connectivity index (χ1) is 14.6. The standard InChI is InChI=1S/C23H28O8/c1-5-12(2)22(28)30-17-10-15-19(27)18-16(26)9-13(11-25)29-21(18)14(7-6-8-24)20(15)31-23(17,3)4/h5,9,17,24-25,27H,6-8,10-11H2,1-4H3/b12-5-/t17-/m1/s1. The highest BCUT2D eigenvalue weighted by molar-refractivity contribution is 5.91. The van der Waals surface area contributed by atoms with Crippen LogP contribution in [0.3, 0.4) is 0 Å². The van der Waals surface area contributed by atoms with Crippen LogP contribution >= 0.6 is 0 Å². The maximum Gasteiger partial charge on any atom is 0.333 e. The van der Waals surface area contributed by atoms with E-state index in [9.17, 15) is 24.9 Å². The molecule has 0 aliphatic carbocycles. The van der Waals surface area contributed by atoms with Crippen LogP contribution in [0.2, 0.25) is 0 Å². The maximum absolute atomic E-state index is 12.7. The van der Waals surface area contributed by atoms with E-state index in [4.69, 9.17) is 13.9 Å². The summed E-state index contributed by atoms with van der Waals surface area (Å²) in [5.74, 6) is -0.377. The highest BCUT2D eigenvalue weighted by Gasteiger charge is 2.43. The summed E-state index contributed by atoms with van der Waals surface area (Å²) in [5, 5.41) is 29.7. The molecule has 0 saturated heterocycles. The zero-order chi connectivity index (χ0) is 22.9. The molecule has 31 heavy (non-hydrogen) atoms. The number of hydrogen-bond acceptors (Lipinski definition) is 8. The summed E-state index contributed by atoms with van der Waals surface area (Å²) in [4.78, 5) is 25.0. The molecule has 168 valence electrons. The topological polar surface area (TPSA) is 126 Å². The van der Waals surface area contributed by atoms with Gasteiger partial charge in [-0.3, -0.25) is 4.79 Å². The fraction of sp³-hybridized carbons (Fsp3) is 0.478. The lowest BCUT2D eigenvalue weighted by Crippen LogP contribution is -2.49. The summed E-state index contributed by atoms with van der Waals surface area (Å²) in [7, 11) is 0. The van der Waals surface area contributed by atoms with Crippen LogP contribution in [0.1, 0.15) is 51.0 Å². The Morgan fingerprint density at radius 2 is 2.06 bits per heavy atom. The van der Waals surface area contributed by atoms with Gasteiger partial charge in [0.2, 0.25) is 0 Å². The number of carbonyl (C=O) groups is 1. The van der Waals surface area contributed by atoms with Crippen LogP contribution in [0.5, 0.6) is 11.5 Å². The summed E-state index contributed by atoms with van der Waals surface area (Å²) in [6.07, 6.45) is 1.78. The number of aliphatic hydroxyl groups is 2. The molecule has 2 aromatic rings. The van der Waals surface area contributed by atoms with E-state index >= 15 is 0 Å². The third-order valence-electron chi connectivity index (χ3n) is 5.62. The van der Waals surface area contributed by atoms with Crippen LogP contribution in [-0.2, 0) is 29.0 Å². The van der Waals surface area contributed by atoms with Crippen LogP contribution < -0.4 is 10.2 Å². The van der Waals surface area contributed by atoms with Gasteiger partial charge in [-0.25, -0.2) is 4.79 Å². The molecule has 0 spiro atoms. The molecule has 0 unspecified atom stereocenters. The smallest absolute Gasteiger partial charge is 0.333 e. The Balaban J connectivity index is 2.22. The van der Waals surface area contributed by atoms with Gasteiger partial charge < -0.3 is 29.2 Å². The normalized spacial score (nSPS) is 17.9. The van der Waals surface area contributed by atoms with E-state index in [0.29, 0.717) is 35.3 Å². The summed E-state index contributed by atoms with van der Waals surface area (Å²) in [6.45, 7) is 6.37. The molecule has 1 aliphatic rings. The molecule has 0 fully saturated rings. The number of aromatic hydroxyl groups is 1. The number of aryl methyl sites for hydroxylation is 1. The van der Waals surface area contributed by atoms with E-state index in [1.165, 1.54) is 0 Å². The summed E-state index contributed by atoms with van der Waals surface area (Å²) in [6, 6.07) is 1.13. The molecule has 8 nitrogen and oxygen atoms in total. The van der Waals surface area contributed by atoms with E-state index in [2.05, 4.69) is 0 Å². The van der Waals surface area contributed by atoms with Crippen LogP contribution in [0.25, 0.3) is 11.0 Å². The van der Waals surface area contributed by atoms with Gasteiger partial charge in [-0.05, 0) is 40.5 Å². The third kappa shape index (κ3) is 4.18. The minimum absolute atomic E-state index is 0.0260. The van der Waals surface area contributed by atoms with Crippen molar-refractivity contribution in [3.05, 3.63) is 44.8 Å². The lowest BCUT2D eigenvalue weighted by molar-refractivity contribution is -0.156. The Hall–Kier alpha value is -2.84. The fourth-order valence-corrected chi connectivity index (χ4v) is 3.68. The van der Waals surface area contributed by atoms with Crippen molar-refractivity contribution in [2.45, 2.75) is 65.3 Å². The van der Waals surface area contributed by atoms with E-state index in [1.54, 1.807) is 33.8 Å². The van der Waals surface area contributed by atoms with E-state index in [0.717, 1.165) is 6.07 Å². The fourth-order valence-electron chi connectivity index (χ4n) is 3.68. The second kappa shape index (κ2) is 8.72. The van der Waals surface area contributed by atoms with Crippen molar-refractivity contribution < 1.29 is 34.0 Å². The number of allylic oxidation sites excluding steroid dienone is 1. The number of ether oxygens (including phenoxy) is 2. The summed E-state index contributed by atoms with van der Waals surface area (Å²) >= 11 is 0. The molecular weight excluding hydrogens is 404 g/mol. The Morgan fingerprint density at radius 1 is 1.35 bits per heavy atom. The first-order valence-electron chi connectivity index (χ1n) is 10.2. The Labute approximate surface area is 179 Å². The van der Waals surface area contributed by atoms with Gasteiger partial charge in [0.25, 0.3) is 0 Å². The van der Waals surface area contributed by atoms with Crippen molar-refractivity contribution in [1.29, 1.82) is 0 Å². The average molecular weight is 432 g/mol. The third-order valence-corrected chi connectivity index (χ3v) is 5.62. The number of benzene rings is 1. The summed E-state index contributed by atoms with van der Waals surface area (Å²) < 4.78 is 17.6. The van der Waals surface area contributed by atoms with Crippen molar-refractivity contribution in [3.8, 4) is 11.5 Å². The van der Waals surface area contributed by atoms with Crippen LogP contribution in [0.15, 0.2) is 26.9 Å². The Kier molecular flexibility index (Phi) is 6.43. The van der Waals surface area contributed by atoms with E-state index < -0.39 is 29.7 Å². The molecule has 1 atom stereocenters. The number of phenols is 1. The van der Waals surface area contributed by atoms with Gasteiger partial charge in [0.15, 0.2) is 5.43 Å². The predicted octanol–water partition coefficient (Wildman–Crippen LogP) is 2.51. The molecule has 0 saturated carbocycles. The Bertz CT molecular complexity index is 1090. The van der Waals surface area contributed by atoms with E-state index in [1.807, 2.05) is 0 Å². The van der Waals surface area contributed by atoms with Crippen molar-refractivity contribution in [2.75, 3.05) is 6.61 Å². The monoisotopic (exact) mass is 432 g/mol. The molecule has 0 radical (unpaired) electrons. The van der Waals surface area contributed by atoms with Gasteiger partial charge in [-0.1, -0.05) is 6.08 Å². The van der Waals surface area contributed by atoms with Gasteiger partial charge >= 0.3 is 5.97 Å². The lowest BCUT2D eigenvalue weighted by Gasteiger charge is -2.40. The van der Waals surface area contributed by atoms with Crippen molar-refractivity contribution in [2.24, 2.45) is 0 Å². The number of fused-ring (bicyclic) bond motifs is 2. The SMILES string of the molecule is C/C=C(/C)C(=O)O[C@@H]1Cc2c(c(CCCO)c3oc(CO)cc(=O)c3c2O)OC1(C)C. The zero-order valence-electron chi connectivity index (χ0n) is 18.2. The minimum Gasteiger partial charge on any atom is -0.507 e. The van der Waals surface area contributed by atoms with Crippen molar-refractivity contribution >= 4 is 16.9 Å². The molecule has 1 aliphatic heterocycles. The molecular formula is C23H28O8. The second-order valence-electron chi connectivity index (χ2n) is 8.18. The molecule has 1 aromatic heterocycles. The molecule has 8 heteroatoms. The maximum atomic E-state index is 12.7. The lowest BCUT2D eigenvalue weighted by atomic mass is 9.87. The minimum atomic E-state index is -0.931. The number of phenolic OH excluding ortho intramolecular Hbond substituents is 1. The van der Waals surface area contributed by atoms with Crippen LogP contribution in [0, 0.1) is 0 Å². The first kappa shape index (κ1) is 22.8. The first-order valence-corrected chi connectivity index (χ1v) is 10.2. The average Bonchev–Trinajstić information content (AvgIpc) is 2.73.